The summed E-state index contributed by atoms with van der Waals surface area (Å²) in [5.41, 5.74) is 1.07. The molecule has 0 saturated carbocycles. The van der Waals surface area contributed by atoms with E-state index >= 15 is 0 Å². The average Bonchev–Trinajstić information content (AvgIpc) is 2.93. The van der Waals surface area contributed by atoms with Gasteiger partial charge in [-0.05, 0) is 13.1 Å². The minimum absolute atomic E-state index is 0.825. The Bertz CT molecular complexity index is 479. The van der Waals surface area contributed by atoms with Crippen LogP contribution in [-0.4, -0.2) is 45.5 Å². The van der Waals surface area contributed by atoms with Crippen molar-refractivity contribution in [3.05, 3.63) is 30.3 Å². The molecule has 0 aliphatic rings. The molecular formula is C14H20N4S. The second kappa shape index (κ2) is 7.31. The largest absolute Gasteiger partial charge is 0.303 e. The van der Waals surface area contributed by atoms with Crippen molar-refractivity contribution in [2.24, 2.45) is 0 Å². The van der Waals surface area contributed by atoms with Crippen molar-refractivity contribution < 1.29 is 0 Å². The Morgan fingerprint density at radius 1 is 1.16 bits per heavy atom. The normalized spacial score (nSPS) is 11.1. The summed E-state index contributed by atoms with van der Waals surface area (Å²) in [5.74, 6) is 1.86. The summed E-state index contributed by atoms with van der Waals surface area (Å²) >= 11 is 1.70. The summed E-state index contributed by atoms with van der Waals surface area (Å²) in [5, 5.41) is 8.07. The van der Waals surface area contributed by atoms with Crippen molar-refractivity contribution in [2.75, 3.05) is 25.4 Å². The van der Waals surface area contributed by atoms with Crippen LogP contribution in [0.25, 0.3) is 11.4 Å². The van der Waals surface area contributed by atoms with E-state index in [1.807, 2.05) is 30.3 Å². The lowest BCUT2D eigenvalue weighted by Crippen LogP contribution is -2.25. The van der Waals surface area contributed by atoms with Gasteiger partial charge in [0.2, 0.25) is 5.16 Å². The van der Waals surface area contributed by atoms with Crippen LogP contribution in [0.2, 0.25) is 0 Å². The molecule has 0 saturated heterocycles. The summed E-state index contributed by atoms with van der Waals surface area (Å²) in [7, 11) is 0. The first-order valence-corrected chi connectivity index (χ1v) is 7.65. The van der Waals surface area contributed by atoms with Crippen LogP contribution in [0.5, 0.6) is 0 Å². The second-order valence-electron chi connectivity index (χ2n) is 4.21. The van der Waals surface area contributed by atoms with Gasteiger partial charge in [0, 0.05) is 17.9 Å². The smallest absolute Gasteiger partial charge is 0.208 e. The molecule has 0 radical (unpaired) electrons. The summed E-state index contributed by atoms with van der Waals surface area (Å²) < 4.78 is 0. The van der Waals surface area contributed by atoms with Crippen LogP contribution in [0.4, 0.5) is 0 Å². The number of rotatable bonds is 7. The molecular weight excluding hydrogens is 256 g/mol. The number of thioether (sulfide) groups is 1. The van der Waals surface area contributed by atoms with Crippen LogP contribution in [0, 0.1) is 0 Å². The molecule has 1 N–H and O–H groups in total. The third kappa shape index (κ3) is 4.08. The third-order valence-corrected chi connectivity index (χ3v) is 3.87. The fraction of sp³-hybridized carbons (Fsp3) is 0.429. The van der Waals surface area contributed by atoms with E-state index in [4.69, 9.17) is 0 Å². The average molecular weight is 276 g/mol. The Morgan fingerprint density at radius 3 is 2.58 bits per heavy atom. The molecule has 0 aliphatic heterocycles. The van der Waals surface area contributed by atoms with Gasteiger partial charge in [0.1, 0.15) is 0 Å². The molecule has 5 heteroatoms. The summed E-state index contributed by atoms with van der Waals surface area (Å²) in [4.78, 5) is 6.91. The van der Waals surface area contributed by atoms with Crippen LogP contribution >= 0.6 is 11.8 Å². The minimum Gasteiger partial charge on any atom is -0.303 e. The standard InChI is InChI=1S/C14H20N4S/c1-3-18(4-2)10-11-19-14-15-13(16-17-14)12-8-6-5-7-9-12/h5-9H,3-4,10-11H2,1-2H3,(H,15,16,17). The van der Waals surface area contributed by atoms with Crippen LogP contribution in [0.1, 0.15) is 13.8 Å². The molecule has 19 heavy (non-hydrogen) atoms. The van der Waals surface area contributed by atoms with Gasteiger partial charge in [-0.3, -0.25) is 5.10 Å². The maximum absolute atomic E-state index is 4.51. The molecule has 0 amide bonds. The van der Waals surface area contributed by atoms with E-state index in [-0.39, 0.29) is 0 Å². The first-order chi connectivity index (χ1) is 9.33. The van der Waals surface area contributed by atoms with E-state index in [1.165, 1.54) is 0 Å². The lowest BCUT2D eigenvalue weighted by Gasteiger charge is -2.16. The lowest BCUT2D eigenvalue weighted by atomic mass is 10.2. The number of hydrogen-bond acceptors (Lipinski definition) is 4. The summed E-state index contributed by atoms with van der Waals surface area (Å²) in [6.07, 6.45) is 0. The molecule has 2 aromatic rings. The molecule has 1 aromatic carbocycles. The predicted molar refractivity (Wildman–Crippen MR) is 80.3 cm³/mol. The van der Waals surface area contributed by atoms with Crippen molar-refractivity contribution in [3.8, 4) is 11.4 Å². The SMILES string of the molecule is CCN(CC)CCSc1n[nH]c(-c2ccccc2)n1. The van der Waals surface area contributed by atoms with Crippen molar-refractivity contribution in [1.82, 2.24) is 20.1 Å². The summed E-state index contributed by atoms with van der Waals surface area (Å²) in [6, 6.07) is 10.1. The van der Waals surface area contributed by atoms with Crippen molar-refractivity contribution in [2.45, 2.75) is 19.0 Å². The van der Waals surface area contributed by atoms with Gasteiger partial charge in [-0.2, -0.15) is 0 Å². The monoisotopic (exact) mass is 276 g/mol. The van der Waals surface area contributed by atoms with Gasteiger partial charge in [0.05, 0.1) is 0 Å². The molecule has 1 heterocycles. The molecule has 102 valence electrons. The molecule has 0 unspecified atom stereocenters. The van der Waals surface area contributed by atoms with Gasteiger partial charge in [0.15, 0.2) is 5.82 Å². The van der Waals surface area contributed by atoms with Crippen LogP contribution in [-0.2, 0) is 0 Å². The Labute approximate surface area is 118 Å². The zero-order chi connectivity index (χ0) is 13.5. The van der Waals surface area contributed by atoms with Crippen molar-refractivity contribution in [3.63, 3.8) is 0 Å². The van der Waals surface area contributed by atoms with Gasteiger partial charge in [-0.1, -0.05) is 55.9 Å². The fourth-order valence-electron chi connectivity index (χ4n) is 1.84. The van der Waals surface area contributed by atoms with Crippen molar-refractivity contribution >= 4 is 11.8 Å². The van der Waals surface area contributed by atoms with Gasteiger partial charge < -0.3 is 4.90 Å². The van der Waals surface area contributed by atoms with Crippen LogP contribution in [0.15, 0.2) is 35.5 Å². The Morgan fingerprint density at radius 2 is 1.89 bits per heavy atom. The zero-order valence-corrected chi connectivity index (χ0v) is 12.3. The molecule has 1 aromatic heterocycles. The maximum atomic E-state index is 4.51. The first-order valence-electron chi connectivity index (χ1n) is 6.66. The van der Waals surface area contributed by atoms with E-state index in [2.05, 4.69) is 33.9 Å². The number of H-pyrrole nitrogens is 1. The van der Waals surface area contributed by atoms with Gasteiger partial charge >= 0.3 is 0 Å². The number of aromatic nitrogens is 3. The first kappa shape index (κ1) is 14.1. The Balaban J connectivity index is 1.88. The Hall–Kier alpha value is -1.33. The van der Waals surface area contributed by atoms with Crippen LogP contribution < -0.4 is 0 Å². The fourth-order valence-corrected chi connectivity index (χ4v) is 2.64. The highest BCUT2D eigenvalue weighted by Crippen LogP contribution is 2.18. The molecule has 0 atom stereocenters. The van der Waals surface area contributed by atoms with Gasteiger partial charge in [-0.15, -0.1) is 5.10 Å². The molecule has 0 aliphatic carbocycles. The quantitative estimate of drug-likeness (QED) is 0.790. The number of benzene rings is 1. The molecule has 0 bridgehead atoms. The number of nitrogens with one attached hydrogen (secondary N) is 1. The number of hydrogen-bond donors (Lipinski definition) is 1. The lowest BCUT2D eigenvalue weighted by molar-refractivity contribution is 0.324. The van der Waals surface area contributed by atoms with E-state index in [1.54, 1.807) is 11.8 Å². The maximum Gasteiger partial charge on any atom is 0.208 e. The molecule has 4 nitrogen and oxygen atoms in total. The number of nitrogens with zero attached hydrogens (tertiary/aromatic N) is 3. The van der Waals surface area contributed by atoms with Crippen LogP contribution in [0.3, 0.4) is 0 Å². The molecule has 0 fully saturated rings. The minimum atomic E-state index is 0.825. The van der Waals surface area contributed by atoms with Gasteiger partial charge in [0.25, 0.3) is 0 Å². The highest BCUT2D eigenvalue weighted by atomic mass is 32.2. The van der Waals surface area contributed by atoms with E-state index < -0.39 is 0 Å². The zero-order valence-electron chi connectivity index (χ0n) is 11.5. The highest BCUT2D eigenvalue weighted by molar-refractivity contribution is 7.99. The van der Waals surface area contributed by atoms with E-state index in [0.29, 0.717) is 0 Å². The van der Waals surface area contributed by atoms with Gasteiger partial charge in [-0.25, -0.2) is 4.98 Å². The molecule has 2 rings (SSSR count). The predicted octanol–water partition coefficient (Wildman–Crippen LogP) is 2.91. The number of aromatic amines is 1. The molecule has 0 spiro atoms. The highest BCUT2D eigenvalue weighted by Gasteiger charge is 2.06. The summed E-state index contributed by atoms with van der Waals surface area (Å²) in [6.45, 7) is 7.65. The van der Waals surface area contributed by atoms with Crippen molar-refractivity contribution in [1.29, 1.82) is 0 Å². The Kier molecular flexibility index (Phi) is 5.42. The second-order valence-corrected chi connectivity index (χ2v) is 5.27. The third-order valence-electron chi connectivity index (χ3n) is 3.05. The van der Waals surface area contributed by atoms with E-state index in [9.17, 15) is 0 Å². The topological polar surface area (TPSA) is 44.8 Å². The van der Waals surface area contributed by atoms with E-state index in [0.717, 1.165) is 41.9 Å².